The topological polar surface area (TPSA) is 175 Å². The van der Waals surface area contributed by atoms with Gasteiger partial charge in [-0.15, -0.1) is 4.57 Å². The summed E-state index contributed by atoms with van der Waals surface area (Å²) in [6.45, 7) is 2.91. The molecule has 0 fully saturated rings. The van der Waals surface area contributed by atoms with Gasteiger partial charge in [-0.3, -0.25) is 9.59 Å². The first kappa shape index (κ1) is 46.0. The fourth-order valence-corrected chi connectivity index (χ4v) is 8.77. The molecule has 1 aliphatic rings. The molecule has 1 aliphatic heterocycles. The van der Waals surface area contributed by atoms with Crippen LogP contribution in [0.25, 0.3) is 29.3 Å². The molecule has 0 aliphatic carbocycles. The number of aromatic nitrogens is 1. The molecular formula is C46H55N6O8S2+. The largest absolute Gasteiger partial charge is 0.465 e. The van der Waals surface area contributed by atoms with E-state index in [4.69, 9.17) is 9.15 Å². The van der Waals surface area contributed by atoms with E-state index >= 15 is 0 Å². The van der Waals surface area contributed by atoms with Crippen LogP contribution in [0.3, 0.4) is 0 Å². The number of aliphatic hydroxyl groups is 4. The van der Waals surface area contributed by atoms with E-state index in [-0.39, 0.29) is 51.3 Å². The lowest BCUT2D eigenvalue weighted by Crippen LogP contribution is -2.44. The minimum Gasteiger partial charge on any atom is -0.465 e. The number of nitrogens with one attached hydrogen (secondary N) is 2. The number of ether oxygens (including phenoxy) is 1. The highest BCUT2D eigenvalue weighted by molar-refractivity contribution is 8.76. The number of hydrogen-bond donors (Lipinski definition) is 6. The van der Waals surface area contributed by atoms with Crippen LogP contribution in [0, 0.1) is 0 Å². The number of carbonyl (C=O) groups excluding carboxylic acids is 2. The van der Waals surface area contributed by atoms with Gasteiger partial charge in [-0.1, -0.05) is 76.2 Å². The van der Waals surface area contributed by atoms with Crippen molar-refractivity contribution < 1.29 is 43.7 Å². The lowest BCUT2D eigenvalue weighted by Gasteiger charge is -2.23. The molecule has 1 unspecified atom stereocenters. The Kier molecular flexibility index (Phi) is 18.0. The van der Waals surface area contributed by atoms with Gasteiger partial charge < -0.3 is 54.9 Å². The smallest absolute Gasteiger partial charge is 0.374 e. The molecule has 0 saturated heterocycles. The predicted molar refractivity (Wildman–Crippen MR) is 249 cm³/mol. The van der Waals surface area contributed by atoms with Gasteiger partial charge in [-0.05, 0) is 65.7 Å². The van der Waals surface area contributed by atoms with Gasteiger partial charge in [0.15, 0.2) is 6.23 Å². The zero-order valence-corrected chi connectivity index (χ0v) is 36.2. The van der Waals surface area contributed by atoms with Crippen molar-refractivity contribution in [1.29, 1.82) is 0 Å². The summed E-state index contributed by atoms with van der Waals surface area (Å²) in [6.07, 6.45) is 7.18. The van der Waals surface area contributed by atoms with Crippen LogP contribution in [0.15, 0.2) is 108 Å². The second-order valence-electron chi connectivity index (χ2n) is 14.2. The van der Waals surface area contributed by atoms with Gasteiger partial charge in [0, 0.05) is 68.2 Å². The maximum atomic E-state index is 13.1. The third-order valence-electron chi connectivity index (χ3n) is 9.95. The van der Waals surface area contributed by atoms with E-state index in [1.165, 1.54) is 0 Å². The van der Waals surface area contributed by atoms with Gasteiger partial charge in [0.05, 0.1) is 38.2 Å². The van der Waals surface area contributed by atoms with E-state index in [0.717, 1.165) is 33.7 Å². The van der Waals surface area contributed by atoms with Crippen LogP contribution >= 0.6 is 21.6 Å². The molecular weight excluding hydrogens is 829 g/mol. The summed E-state index contributed by atoms with van der Waals surface area (Å²) >= 11 is 0. The number of hydrogen-bond acceptors (Lipinski definition) is 13. The Morgan fingerprint density at radius 2 is 1.23 bits per heavy atom. The van der Waals surface area contributed by atoms with Crippen LogP contribution in [0.2, 0.25) is 0 Å². The van der Waals surface area contributed by atoms with E-state index in [1.54, 1.807) is 21.6 Å². The summed E-state index contributed by atoms with van der Waals surface area (Å²) in [5.41, 5.74) is 6.03. The number of anilines is 3. The minimum absolute atomic E-state index is 0.00211. The molecule has 0 spiro atoms. The quantitative estimate of drug-likeness (QED) is 0.0282. The first-order chi connectivity index (χ1) is 30.4. The number of amides is 2. The number of carbonyl (C=O) groups is 2. The fraction of sp³-hybridized carbons (Fsp3) is 0.326. The number of para-hydroxylation sites is 4. The first-order valence-corrected chi connectivity index (χ1v) is 23.1. The Bertz CT molecular complexity index is 2230. The Morgan fingerprint density at radius 1 is 0.677 bits per heavy atom. The lowest BCUT2D eigenvalue weighted by atomic mass is 10.1. The number of benzene rings is 4. The monoisotopic (exact) mass is 883 g/mol. The molecule has 2 heterocycles. The molecule has 1 aromatic heterocycles. The highest BCUT2D eigenvalue weighted by Crippen LogP contribution is 2.37. The van der Waals surface area contributed by atoms with Gasteiger partial charge >= 0.3 is 5.89 Å². The van der Waals surface area contributed by atoms with Crippen molar-refractivity contribution in [2.75, 3.05) is 98.4 Å². The Hall–Kier alpha value is -5.49. The van der Waals surface area contributed by atoms with Crippen LogP contribution in [0.5, 0.6) is 5.75 Å². The molecule has 4 aromatic carbocycles. The summed E-state index contributed by atoms with van der Waals surface area (Å²) in [4.78, 5) is 32.0. The van der Waals surface area contributed by atoms with Crippen molar-refractivity contribution in [1.82, 2.24) is 10.6 Å². The summed E-state index contributed by atoms with van der Waals surface area (Å²) in [7, 11) is 3.26. The van der Waals surface area contributed by atoms with Crippen LogP contribution in [-0.4, -0.2) is 122 Å². The van der Waals surface area contributed by atoms with Gasteiger partial charge in [0.1, 0.15) is 12.3 Å². The van der Waals surface area contributed by atoms with Crippen molar-refractivity contribution in [2.45, 2.75) is 12.8 Å². The minimum atomic E-state index is -0.468. The standard InChI is InChI=1S/C46H54N6O8S2/c53-27-23-49(24-28-54)37-15-9-35(10-16-37)13-19-45-51(39-5-1-3-7-41(39)59-45)33-43(57)47-21-31-61-62-32-22-48-44(58)34-52-40-6-2-4-8-42(40)60-46(52)20-14-36-11-17-38(18-12-36)50(25-29-55)26-30-56/h1-20,45,53-56H,21-34H2,(H-,47,48,57,58)/p+1/b19-13+. The van der Waals surface area contributed by atoms with Gasteiger partial charge in [0.2, 0.25) is 18.0 Å². The first-order valence-electron chi connectivity index (χ1n) is 20.6. The summed E-state index contributed by atoms with van der Waals surface area (Å²) in [5.74, 6) is 2.39. The van der Waals surface area contributed by atoms with E-state index in [0.29, 0.717) is 68.0 Å². The lowest BCUT2D eigenvalue weighted by molar-refractivity contribution is -0.665. The maximum Gasteiger partial charge on any atom is 0.374 e. The van der Waals surface area contributed by atoms with E-state index < -0.39 is 6.23 Å². The zero-order chi connectivity index (χ0) is 43.5. The Morgan fingerprint density at radius 3 is 1.84 bits per heavy atom. The molecule has 6 rings (SSSR count). The number of aliphatic hydroxyl groups excluding tert-OH is 4. The molecule has 16 heteroatoms. The summed E-state index contributed by atoms with van der Waals surface area (Å²) < 4.78 is 14.2. The van der Waals surface area contributed by atoms with Crippen molar-refractivity contribution >= 4 is 79.8 Å². The van der Waals surface area contributed by atoms with Crippen molar-refractivity contribution in [2.24, 2.45) is 0 Å². The number of nitrogens with zero attached hydrogens (tertiary/aromatic N) is 4. The molecule has 1 atom stereocenters. The highest BCUT2D eigenvalue weighted by atomic mass is 33.1. The molecule has 14 nitrogen and oxygen atoms in total. The fourth-order valence-electron chi connectivity index (χ4n) is 6.95. The van der Waals surface area contributed by atoms with Crippen molar-refractivity contribution in [3.05, 3.63) is 120 Å². The molecule has 328 valence electrons. The Balaban J connectivity index is 0.922. The van der Waals surface area contributed by atoms with Crippen molar-refractivity contribution in [3.63, 3.8) is 0 Å². The third kappa shape index (κ3) is 13.0. The SMILES string of the molecule is O=C(CN1c2ccccc2OC1/C=C/c1ccc(N(CCO)CCO)cc1)NCCSSCCNC(=O)C[n+]1c(/C=C/c2ccc(N(CCO)CCO)cc2)oc2ccccc21. The molecule has 62 heavy (non-hydrogen) atoms. The van der Waals surface area contributed by atoms with Crippen LogP contribution in [-0.2, 0) is 16.1 Å². The van der Waals surface area contributed by atoms with Crippen LogP contribution in [0.1, 0.15) is 17.0 Å². The highest BCUT2D eigenvalue weighted by Gasteiger charge is 2.30. The number of fused-ring (bicyclic) bond motifs is 2. The average Bonchev–Trinajstić information content (AvgIpc) is 3.82. The van der Waals surface area contributed by atoms with Gasteiger partial charge in [-0.25, -0.2) is 0 Å². The summed E-state index contributed by atoms with van der Waals surface area (Å²) in [6, 6.07) is 30.9. The maximum absolute atomic E-state index is 13.1. The van der Waals surface area contributed by atoms with Crippen molar-refractivity contribution in [3.8, 4) is 5.75 Å². The molecule has 0 radical (unpaired) electrons. The average molecular weight is 884 g/mol. The van der Waals surface area contributed by atoms with E-state index in [2.05, 4.69) is 10.6 Å². The normalized spacial score (nSPS) is 13.5. The predicted octanol–water partition coefficient (Wildman–Crippen LogP) is 4.03. The molecule has 2 amide bonds. The third-order valence-corrected chi connectivity index (χ3v) is 12.4. The van der Waals surface area contributed by atoms with Crippen LogP contribution in [0.4, 0.5) is 17.1 Å². The molecule has 0 saturated carbocycles. The second-order valence-corrected chi connectivity index (χ2v) is 16.9. The van der Waals surface area contributed by atoms with Crippen LogP contribution < -0.4 is 34.6 Å². The second kappa shape index (κ2) is 24.2. The zero-order valence-electron chi connectivity index (χ0n) is 34.6. The number of rotatable bonds is 25. The van der Waals surface area contributed by atoms with Gasteiger partial charge in [0.25, 0.3) is 11.4 Å². The molecule has 5 aromatic rings. The molecule has 6 N–H and O–H groups in total. The number of oxazole rings is 1. The van der Waals surface area contributed by atoms with E-state index in [1.807, 2.05) is 141 Å². The van der Waals surface area contributed by atoms with E-state index in [9.17, 15) is 30.0 Å². The Labute approximate surface area is 369 Å². The van der Waals surface area contributed by atoms with Gasteiger partial charge in [-0.2, -0.15) is 0 Å². The summed E-state index contributed by atoms with van der Waals surface area (Å²) in [5, 5.41) is 43.5. The molecule has 0 bridgehead atoms.